The molecule has 2 aliphatic heterocycles. The molecule has 4 heteroatoms. The van der Waals surface area contributed by atoms with Crippen LogP contribution in [0.2, 0.25) is 0 Å². The molecular formula is C16H20N4. The van der Waals surface area contributed by atoms with Crippen LogP contribution in [0.4, 0.5) is 0 Å². The molecule has 0 bridgehead atoms. The van der Waals surface area contributed by atoms with Crippen molar-refractivity contribution in [3.05, 3.63) is 48.5 Å². The topological polar surface area (TPSA) is 33.1 Å². The van der Waals surface area contributed by atoms with E-state index in [0.29, 0.717) is 0 Å². The standard InChI is InChI=1S/C16H20N4/c1-2-4-15(5-3-1)20-7-6-18-16(20)12-19-10-13-8-17-9-14(13)11-19/h1-7,13-14,17H,8-12H2/t13-,14+. The number of imidazole rings is 1. The van der Waals surface area contributed by atoms with Gasteiger partial charge in [-0.1, -0.05) is 18.2 Å². The Kier molecular flexibility index (Phi) is 3.05. The second kappa shape index (κ2) is 5.04. The molecule has 1 aromatic carbocycles. The third-order valence-corrected chi connectivity index (χ3v) is 4.58. The molecule has 3 heterocycles. The van der Waals surface area contributed by atoms with Crippen molar-refractivity contribution in [2.45, 2.75) is 6.54 Å². The van der Waals surface area contributed by atoms with Gasteiger partial charge >= 0.3 is 0 Å². The number of hydrogen-bond donors (Lipinski definition) is 1. The van der Waals surface area contributed by atoms with E-state index in [-0.39, 0.29) is 0 Å². The van der Waals surface area contributed by atoms with E-state index < -0.39 is 0 Å². The Morgan fingerprint density at radius 2 is 1.85 bits per heavy atom. The van der Waals surface area contributed by atoms with E-state index >= 15 is 0 Å². The molecule has 2 aromatic rings. The van der Waals surface area contributed by atoms with E-state index in [1.54, 1.807) is 0 Å². The lowest BCUT2D eigenvalue weighted by atomic mass is 10.0. The van der Waals surface area contributed by atoms with Crippen molar-refractivity contribution in [1.29, 1.82) is 0 Å². The molecule has 20 heavy (non-hydrogen) atoms. The van der Waals surface area contributed by atoms with E-state index in [2.05, 4.69) is 56.3 Å². The Bertz CT molecular complexity index is 565. The number of fused-ring (bicyclic) bond motifs is 1. The zero-order valence-electron chi connectivity index (χ0n) is 11.6. The van der Waals surface area contributed by atoms with Crippen molar-refractivity contribution in [2.24, 2.45) is 11.8 Å². The van der Waals surface area contributed by atoms with E-state index in [4.69, 9.17) is 0 Å². The fourth-order valence-corrected chi connectivity index (χ4v) is 3.56. The monoisotopic (exact) mass is 268 g/mol. The molecule has 0 radical (unpaired) electrons. The molecule has 1 aromatic heterocycles. The Hall–Kier alpha value is -1.65. The van der Waals surface area contributed by atoms with Gasteiger partial charge in [0.25, 0.3) is 0 Å². The van der Waals surface area contributed by atoms with Gasteiger partial charge in [-0.25, -0.2) is 4.98 Å². The summed E-state index contributed by atoms with van der Waals surface area (Å²) >= 11 is 0. The van der Waals surface area contributed by atoms with Crippen LogP contribution in [0.3, 0.4) is 0 Å². The largest absolute Gasteiger partial charge is 0.316 e. The maximum absolute atomic E-state index is 4.56. The summed E-state index contributed by atoms with van der Waals surface area (Å²) in [5.74, 6) is 2.83. The molecule has 0 spiro atoms. The summed E-state index contributed by atoms with van der Waals surface area (Å²) < 4.78 is 2.20. The van der Waals surface area contributed by atoms with Gasteiger partial charge in [0.05, 0.1) is 6.54 Å². The smallest absolute Gasteiger partial charge is 0.127 e. The van der Waals surface area contributed by atoms with Gasteiger partial charge in [0.2, 0.25) is 0 Å². The van der Waals surface area contributed by atoms with Gasteiger partial charge in [-0.15, -0.1) is 0 Å². The van der Waals surface area contributed by atoms with Crippen LogP contribution in [-0.2, 0) is 6.54 Å². The predicted molar refractivity (Wildman–Crippen MR) is 78.7 cm³/mol. The Morgan fingerprint density at radius 3 is 2.60 bits per heavy atom. The fraction of sp³-hybridized carbons (Fsp3) is 0.438. The molecule has 4 rings (SSSR count). The average Bonchev–Trinajstić information content (AvgIpc) is 3.15. The van der Waals surface area contributed by atoms with Crippen LogP contribution in [-0.4, -0.2) is 40.6 Å². The number of nitrogens with zero attached hydrogens (tertiary/aromatic N) is 3. The quantitative estimate of drug-likeness (QED) is 0.916. The minimum Gasteiger partial charge on any atom is -0.316 e. The summed E-state index contributed by atoms with van der Waals surface area (Å²) in [6.07, 6.45) is 3.96. The molecule has 2 atom stereocenters. The zero-order valence-corrected chi connectivity index (χ0v) is 11.6. The van der Waals surface area contributed by atoms with Crippen LogP contribution in [0.15, 0.2) is 42.7 Å². The van der Waals surface area contributed by atoms with Gasteiger partial charge in [-0.3, -0.25) is 4.90 Å². The second-order valence-electron chi connectivity index (χ2n) is 5.92. The first-order valence-electron chi connectivity index (χ1n) is 7.41. The highest BCUT2D eigenvalue weighted by Crippen LogP contribution is 2.27. The minimum absolute atomic E-state index is 0.843. The first kappa shape index (κ1) is 12.1. The van der Waals surface area contributed by atoms with Crippen molar-refractivity contribution in [3.63, 3.8) is 0 Å². The minimum atomic E-state index is 0.843. The second-order valence-corrected chi connectivity index (χ2v) is 5.92. The molecule has 4 nitrogen and oxygen atoms in total. The lowest BCUT2D eigenvalue weighted by Gasteiger charge is -2.17. The van der Waals surface area contributed by atoms with Crippen LogP contribution in [0, 0.1) is 11.8 Å². The summed E-state index contributed by atoms with van der Waals surface area (Å²) in [6.45, 7) is 5.75. The first-order valence-corrected chi connectivity index (χ1v) is 7.41. The van der Waals surface area contributed by atoms with Crippen molar-refractivity contribution in [2.75, 3.05) is 26.2 Å². The predicted octanol–water partition coefficient (Wildman–Crippen LogP) is 1.52. The molecule has 0 amide bonds. The molecule has 0 aliphatic carbocycles. The number of hydrogen-bond acceptors (Lipinski definition) is 3. The average molecular weight is 268 g/mol. The van der Waals surface area contributed by atoms with Crippen LogP contribution in [0.1, 0.15) is 5.82 Å². The van der Waals surface area contributed by atoms with Gasteiger partial charge < -0.3 is 9.88 Å². The maximum atomic E-state index is 4.56. The van der Waals surface area contributed by atoms with Gasteiger partial charge in [-0.2, -0.15) is 0 Å². The number of benzene rings is 1. The molecule has 2 aliphatic rings. The zero-order chi connectivity index (χ0) is 13.4. The highest BCUT2D eigenvalue weighted by atomic mass is 15.2. The summed E-state index contributed by atoms with van der Waals surface area (Å²) in [6, 6.07) is 10.5. The number of rotatable bonds is 3. The van der Waals surface area contributed by atoms with Crippen molar-refractivity contribution < 1.29 is 0 Å². The lowest BCUT2D eigenvalue weighted by Crippen LogP contribution is -2.26. The third-order valence-electron chi connectivity index (χ3n) is 4.58. The van der Waals surface area contributed by atoms with E-state index in [9.17, 15) is 0 Å². The summed E-state index contributed by atoms with van der Waals surface area (Å²) in [4.78, 5) is 7.11. The number of para-hydroxylation sites is 1. The van der Waals surface area contributed by atoms with Gasteiger partial charge in [0.1, 0.15) is 5.82 Å². The van der Waals surface area contributed by atoms with Gasteiger partial charge in [0.15, 0.2) is 0 Å². The third kappa shape index (κ3) is 2.15. The Balaban J connectivity index is 1.52. The SMILES string of the molecule is c1ccc(-n2ccnc2CN2C[C@H]3CNC[C@H]3C2)cc1. The molecule has 0 unspecified atom stereocenters. The van der Waals surface area contributed by atoms with Crippen LogP contribution in [0.25, 0.3) is 5.69 Å². The molecule has 2 saturated heterocycles. The number of aromatic nitrogens is 2. The van der Waals surface area contributed by atoms with E-state index in [1.807, 2.05) is 6.20 Å². The molecular weight excluding hydrogens is 248 g/mol. The maximum Gasteiger partial charge on any atom is 0.127 e. The van der Waals surface area contributed by atoms with Gasteiger partial charge in [0, 0.05) is 31.2 Å². The number of likely N-dealkylation sites (tertiary alicyclic amines) is 1. The molecule has 1 N–H and O–H groups in total. The van der Waals surface area contributed by atoms with Crippen molar-refractivity contribution in [3.8, 4) is 5.69 Å². The van der Waals surface area contributed by atoms with Crippen LogP contribution >= 0.6 is 0 Å². The van der Waals surface area contributed by atoms with Crippen LogP contribution in [0.5, 0.6) is 0 Å². The summed E-state index contributed by atoms with van der Waals surface area (Å²) in [7, 11) is 0. The fourth-order valence-electron chi connectivity index (χ4n) is 3.56. The van der Waals surface area contributed by atoms with Crippen molar-refractivity contribution >= 4 is 0 Å². The van der Waals surface area contributed by atoms with E-state index in [0.717, 1.165) is 24.2 Å². The summed E-state index contributed by atoms with van der Waals surface area (Å²) in [5.41, 5.74) is 1.20. The molecule has 104 valence electrons. The van der Waals surface area contributed by atoms with Crippen LogP contribution < -0.4 is 5.32 Å². The summed E-state index contributed by atoms with van der Waals surface area (Å²) in [5, 5.41) is 3.49. The highest BCUT2D eigenvalue weighted by molar-refractivity contribution is 5.32. The first-order chi connectivity index (χ1) is 9.90. The lowest BCUT2D eigenvalue weighted by molar-refractivity contribution is 0.296. The number of nitrogens with one attached hydrogen (secondary N) is 1. The van der Waals surface area contributed by atoms with Crippen molar-refractivity contribution in [1.82, 2.24) is 19.8 Å². The van der Waals surface area contributed by atoms with Gasteiger partial charge in [-0.05, 0) is 37.1 Å². The molecule has 2 fully saturated rings. The Labute approximate surface area is 119 Å². The molecule has 0 saturated carbocycles. The Morgan fingerprint density at radius 1 is 1.10 bits per heavy atom. The normalized spacial score (nSPS) is 26.0. The van der Waals surface area contributed by atoms with E-state index in [1.165, 1.54) is 31.9 Å². The highest BCUT2D eigenvalue weighted by Gasteiger charge is 2.36.